The summed E-state index contributed by atoms with van der Waals surface area (Å²) in [6.07, 6.45) is 5.40. The van der Waals surface area contributed by atoms with Gasteiger partial charge in [-0.25, -0.2) is 0 Å². The molecular weight excluding hydrogens is 539 g/mol. The largest absolute Gasteiger partial charge is 0.573 e. The van der Waals surface area contributed by atoms with Crippen molar-refractivity contribution in [3.05, 3.63) is 110 Å². The van der Waals surface area contributed by atoms with Crippen LogP contribution in [0.2, 0.25) is 0 Å². The summed E-state index contributed by atoms with van der Waals surface area (Å²) in [5.41, 5.74) is 4.58. The van der Waals surface area contributed by atoms with Gasteiger partial charge >= 0.3 is 0 Å². The summed E-state index contributed by atoms with van der Waals surface area (Å²) in [7, 11) is 0. The average molecular weight is 556 g/mol. The number of hydrogen-bond acceptors (Lipinski definition) is 3. The predicted molar refractivity (Wildman–Crippen MR) is 109 cm³/mol. The summed E-state index contributed by atoms with van der Waals surface area (Å²) in [6.45, 7) is 0. The van der Waals surface area contributed by atoms with E-state index >= 15 is 0 Å². The second-order valence-electron chi connectivity index (χ2n) is 5.89. The van der Waals surface area contributed by atoms with E-state index in [1.165, 1.54) is 0 Å². The van der Waals surface area contributed by atoms with Crippen molar-refractivity contribution in [1.29, 1.82) is 0 Å². The standard InChI is InChI=1S/C14H10N3.C9H7N2.Ir/c1-2-6-11(7-3-1)13-10-14(17-16-13)12-8-4-5-9-15-12;1-2-5-9(6-3-1)11-8-4-7-10-11;/h1-10H;1-5,7-8H;/q2*-1;. The molecule has 0 atom stereocenters. The molecule has 0 unspecified atom stereocenters. The Morgan fingerprint density at radius 2 is 1.62 bits per heavy atom. The van der Waals surface area contributed by atoms with Crippen LogP contribution in [0.1, 0.15) is 0 Å². The number of pyridine rings is 1. The smallest absolute Gasteiger partial charge is 0.0494 e. The molecule has 0 N–H and O–H groups in total. The maximum Gasteiger partial charge on any atom is 0.0494 e. The van der Waals surface area contributed by atoms with Gasteiger partial charge in [-0.05, 0) is 35.5 Å². The third-order valence-corrected chi connectivity index (χ3v) is 3.98. The summed E-state index contributed by atoms with van der Waals surface area (Å²) >= 11 is 0. The van der Waals surface area contributed by atoms with Crippen LogP contribution in [0.5, 0.6) is 0 Å². The van der Waals surface area contributed by atoms with E-state index in [-0.39, 0.29) is 20.1 Å². The van der Waals surface area contributed by atoms with E-state index < -0.39 is 0 Å². The van der Waals surface area contributed by atoms with E-state index in [0.717, 1.165) is 28.3 Å². The van der Waals surface area contributed by atoms with Gasteiger partial charge in [-0.15, -0.1) is 6.07 Å². The van der Waals surface area contributed by atoms with Crippen LogP contribution < -0.4 is 5.10 Å². The summed E-state index contributed by atoms with van der Waals surface area (Å²) in [5.74, 6) is 0. The second kappa shape index (κ2) is 10.3. The van der Waals surface area contributed by atoms with Gasteiger partial charge in [0.2, 0.25) is 0 Å². The van der Waals surface area contributed by atoms with Crippen LogP contribution in [0.25, 0.3) is 28.3 Å². The Hall–Kier alpha value is -3.34. The third kappa shape index (κ3) is 5.35. The minimum Gasteiger partial charge on any atom is -0.573 e. The maximum atomic E-state index is 4.25. The van der Waals surface area contributed by atoms with Gasteiger partial charge in [-0.3, -0.25) is 9.67 Å². The van der Waals surface area contributed by atoms with Crippen molar-refractivity contribution in [2.75, 3.05) is 0 Å². The zero-order valence-corrected chi connectivity index (χ0v) is 17.8. The molecule has 0 bridgehead atoms. The number of benzene rings is 2. The molecule has 2 aromatic carbocycles. The van der Waals surface area contributed by atoms with Crippen molar-refractivity contribution in [2.45, 2.75) is 0 Å². The Balaban J connectivity index is 0.000000174. The van der Waals surface area contributed by atoms with Gasteiger partial charge in [-0.1, -0.05) is 42.1 Å². The molecule has 0 aliphatic rings. The number of hydrogen-bond donors (Lipinski definition) is 0. The number of nitrogens with zero attached hydrogens (tertiary/aromatic N) is 5. The van der Waals surface area contributed by atoms with E-state index in [4.69, 9.17) is 0 Å². The fraction of sp³-hybridized carbons (Fsp3) is 0. The van der Waals surface area contributed by atoms with E-state index in [0.29, 0.717) is 0 Å². The molecule has 5 rings (SSSR count). The van der Waals surface area contributed by atoms with Crippen LogP contribution in [0.4, 0.5) is 0 Å². The van der Waals surface area contributed by atoms with Crippen LogP contribution >= 0.6 is 0 Å². The first-order valence-electron chi connectivity index (χ1n) is 8.84. The Labute approximate surface area is 182 Å². The third-order valence-electron chi connectivity index (χ3n) is 3.98. The van der Waals surface area contributed by atoms with Crippen LogP contribution in [0, 0.1) is 6.07 Å². The fourth-order valence-corrected chi connectivity index (χ4v) is 2.62. The second-order valence-corrected chi connectivity index (χ2v) is 5.89. The quantitative estimate of drug-likeness (QED) is 0.309. The van der Waals surface area contributed by atoms with Crippen molar-refractivity contribution in [3.8, 4) is 28.3 Å². The molecule has 0 spiro atoms. The van der Waals surface area contributed by atoms with Gasteiger partial charge in [0.05, 0.1) is 0 Å². The molecule has 3 heterocycles. The van der Waals surface area contributed by atoms with Crippen LogP contribution in [-0.2, 0) is 20.1 Å². The number of aromatic nitrogens is 5. The monoisotopic (exact) mass is 556 g/mol. The Morgan fingerprint density at radius 3 is 2.31 bits per heavy atom. The van der Waals surface area contributed by atoms with Crippen LogP contribution in [-0.4, -0.2) is 19.9 Å². The fourth-order valence-electron chi connectivity index (χ4n) is 2.62. The molecule has 29 heavy (non-hydrogen) atoms. The molecule has 0 amide bonds. The molecule has 3 aromatic heterocycles. The zero-order valence-electron chi connectivity index (χ0n) is 15.4. The molecule has 0 fully saturated rings. The topological polar surface area (TPSA) is 57.7 Å². The van der Waals surface area contributed by atoms with Gasteiger partial charge in [0, 0.05) is 50.1 Å². The molecule has 0 saturated heterocycles. The van der Waals surface area contributed by atoms with E-state index in [1.807, 2.05) is 91.1 Å². The summed E-state index contributed by atoms with van der Waals surface area (Å²) in [6, 6.07) is 30.4. The molecule has 6 heteroatoms. The summed E-state index contributed by atoms with van der Waals surface area (Å²) in [4.78, 5) is 4.25. The zero-order chi connectivity index (χ0) is 19.0. The van der Waals surface area contributed by atoms with Crippen LogP contribution in [0.15, 0.2) is 104 Å². The predicted octanol–water partition coefficient (Wildman–Crippen LogP) is 4.44. The van der Waals surface area contributed by atoms with Gasteiger partial charge in [0.25, 0.3) is 0 Å². The molecular formula is C23H17IrN5-2. The molecule has 0 saturated carbocycles. The molecule has 145 valence electrons. The van der Waals surface area contributed by atoms with Crippen molar-refractivity contribution in [3.63, 3.8) is 0 Å². The number of rotatable bonds is 3. The van der Waals surface area contributed by atoms with E-state index in [2.05, 4.69) is 26.3 Å². The minimum absolute atomic E-state index is 0. The van der Waals surface area contributed by atoms with Gasteiger partial charge in [-0.2, -0.15) is 29.4 Å². The van der Waals surface area contributed by atoms with Crippen LogP contribution in [0.3, 0.4) is 0 Å². The molecule has 0 aliphatic carbocycles. The van der Waals surface area contributed by atoms with Gasteiger partial charge in [0.15, 0.2) is 0 Å². The SMILES string of the molecule is [Ir].[c-]1ccccc1-n1cccn1.c1ccc(-c2cc(-c3ccccn3)[n-]n2)cc1. The van der Waals surface area contributed by atoms with Crippen molar-refractivity contribution in [2.24, 2.45) is 0 Å². The molecule has 0 aliphatic heterocycles. The number of para-hydroxylation sites is 1. The van der Waals surface area contributed by atoms with Gasteiger partial charge in [0.1, 0.15) is 0 Å². The first kappa shape index (κ1) is 20.4. The van der Waals surface area contributed by atoms with E-state index in [1.54, 1.807) is 17.1 Å². The normalized spacial score (nSPS) is 9.79. The first-order valence-corrected chi connectivity index (χ1v) is 8.84. The Morgan fingerprint density at radius 1 is 0.793 bits per heavy atom. The average Bonchev–Trinajstić information content (AvgIpc) is 3.49. The molecule has 1 radical (unpaired) electrons. The Bertz CT molecular complexity index is 1040. The van der Waals surface area contributed by atoms with Crippen molar-refractivity contribution < 1.29 is 20.1 Å². The summed E-state index contributed by atoms with van der Waals surface area (Å²) in [5, 5.41) is 12.4. The van der Waals surface area contributed by atoms with Crippen molar-refractivity contribution >= 4 is 0 Å². The maximum absolute atomic E-state index is 4.25. The van der Waals surface area contributed by atoms with Crippen molar-refractivity contribution in [1.82, 2.24) is 25.0 Å². The van der Waals surface area contributed by atoms with Gasteiger partial charge < -0.3 is 10.2 Å². The Kier molecular flexibility index (Phi) is 7.22. The first-order chi connectivity index (χ1) is 13.9. The summed E-state index contributed by atoms with van der Waals surface area (Å²) < 4.78 is 1.78. The molecule has 5 aromatic rings. The molecule has 5 nitrogen and oxygen atoms in total. The minimum atomic E-state index is 0. The van der Waals surface area contributed by atoms with E-state index in [9.17, 15) is 0 Å².